The molecule has 218 valence electrons. The number of nitrogens with one attached hydrogen (secondary N) is 1. The molecule has 0 aliphatic carbocycles. The normalized spacial score (nSPS) is 11.1. The molecule has 0 saturated carbocycles. The van der Waals surface area contributed by atoms with Crippen molar-refractivity contribution < 1.29 is 23.7 Å². The standard InChI is InChI=1S/C33H41N3O5/c1-22(2)25-15-14-23(3)19-28(25)41-18-10-17-36-27-12-8-7-11-26(27)35-31(36)13-9-16-34-33(37)24-20-29(38-4)32(40-6)30(21-24)39-5/h7-8,11-12,14-15,19-22H,9-10,13,16-18H2,1-6H3,(H,34,37). The van der Waals surface area contributed by atoms with E-state index in [4.69, 9.17) is 23.9 Å². The predicted octanol–water partition coefficient (Wildman–Crippen LogP) is 6.33. The molecule has 0 unspecified atom stereocenters. The summed E-state index contributed by atoms with van der Waals surface area (Å²) in [6.45, 7) is 8.40. The molecule has 0 spiro atoms. The number of hydrogen-bond acceptors (Lipinski definition) is 6. The molecule has 1 N–H and O–H groups in total. The van der Waals surface area contributed by atoms with Gasteiger partial charge in [-0.05, 0) is 67.1 Å². The third-order valence-corrected chi connectivity index (χ3v) is 7.10. The van der Waals surface area contributed by atoms with Crippen LogP contribution in [0.3, 0.4) is 0 Å². The van der Waals surface area contributed by atoms with Crippen LogP contribution in [0.2, 0.25) is 0 Å². The molecule has 0 bridgehead atoms. The largest absolute Gasteiger partial charge is 0.493 e. The van der Waals surface area contributed by atoms with Gasteiger partial charge in [-0.1, -0.05) is 38.1 Å². The number of hydrogen-bond donors (Lipinski definition) is 1. The third kappa shape index (κ3) is 7.12. The van der Waals surface area contributed by atoms with Crippen LogP contribution < -0.4 is 24.3 Å². The van der Waals surface area contributed by atoms with Gasteiger partial charge in [0, 0.05) is 25.1 Å². The first-order valence-corrected chi connectivity index (χ1v) is 14.1. The topological polar surface area (TPSA) is 83.8 Å². The SMILES string of the molecule is COc1cc(C(=O)NCCCc2nc3ccccc3n2CCCOc2cc(C)ccc2C(C)C)cc(OC)c1OC. The first-order chi connectivity index (χ1) is 19.9. The highest BCUT2D eigenvalue weighted by atomic mass is 16.5. The molecule has 0 aliphatic rings. The Hall–Kier alpha value is -4.20. The van der Waals surface area contributed by atoms with Gasteiger partial charge in [-0.2, -0.15) is 0 Å². The summed E-state index contributed by atoms with van der Waals surface area (Å²) in [5.74, 6) is 3.52. The summed E-state index contributed by atoms with van der Waals surface area (Å²) in [4.78, 5) is 17.8. The highest BCUT2D eigenvalue weighted by Gasteiger charge is 2.17. The van der Waals surface area contributed by atoms with Crippen molar-refractivity contribution in [3.8, 4) is 23.0 Å². The number of ether oxygens (including phenoxy) is 4. The van der Waals surface area contributed by atoms with E-state index in [2.05, 4.69) is 54.9 Å². The van der Waals surface area contributed by atoms with Crippen molar-refractivity contribution >= 4 is 16.9 Å². The molecular formula is C33H41N3O5. The lowest BCUT2D eigenvalue weighted by molar-refractivity contribution is 0.0952. The second-order valence-corrected chi connectivity index (χ2v) is 10.3. The van der Waals surface area contributed by atoms with Gasteiger partial charge < -0.3 is 28.8 Å². The van der Waals surface area contributed by atoms with Gasteiger partial charge in [-0.15, -0.1) is 0 Å². The molecule has 8 nitrogen and oxygen atoms in total. The molecule has 1 heterocycles. The van der Waals surface area contributed by atoms with Gasteiger partial charge in [0.25, 0.3) is 5.91 Å². The number of amides is 1. The zero-order valence-electron chi connectivity index (χ0n) is 25.0. The first kappa shape index (κ1) is 29.8. The fourth-order valence-corrected chi connectivity index (χ4v) is 4.98. The van der Waals surface area contributed by atoms with Gasteiger partial charge in [0.15, 0.2) is 11.5 Å². The Morgan fingerprint density at radius 1 is 0.927 bits per heavy atom. The fraction of sp³-hybridized carbons (Fsp3) is 0.394. The molecule has 4 aromatic rings. The number of carbonyl (C=O) groups excluding carboxylic acids is 1. The van der Waals surface area contributed by atoms with E-state index < -0.39 is 0 Å². The molecule has 8 heteroatoms. The van der Waals surface area contributed by atoms with E-state index in [1.807, 2.05) is 18.2 Å². The summed E-state index contributed by atoms with van der Waals surface area (Å²) >= 11 is 0. The maximum atomic E-state index is 12.9. The molecular weight excluding hydrogens is 518 g/mol. The number of imidazole rings is 1. The van der Waals surface area contributed by atoms with Crippen LogP contribution in [0.4, 0.5) is 0 Å². The van der Waals surface area contributed by atoms with Crippen LogP contribution in [0.15, 0.2) is 54.6 Å². The lowest BCUT2D eigenvalue weighted by Crippen LogP contribution is -2.25. The Kier molecular flexibility index (Phi) is 10.1. The number of benzene rings is 3. The molecule has 0 radical (unpaired) electrons. The van der Waals surface area contributed by atoms with E-state index in [1.54, 1.807) is 12.1 Å². The maximum absolute atomic E-state index is 12.9. The Morgan fingerprint density at radius 3 is 2.34 bits per heavy atom. The monoisotopic (exact) mass is 559 g/mol. The van der Waals surface area contributed by atoms with E-state index >= 15 is 0 Å². The Balaban J connectivity index is 1.37. The fourth-order valence-electron chi connectivity index (χ4n) is 4.98. The Bertz CT molecular complexity index is 1450. The van der Waals surface area contributed by atoms with E-state index in [-0.39, 0.29) is 5.91 Å². The van der Waals surface area contributed by atoms with Gasteiger partial charge in [0.05, 0.1) is 39.0 Å². The van der Waals surface area contributed by atoms with Crippen LogP contribution in [-0.2, 0) is 13.0 Å². The molecule has 1 amide bonds. The lowest BCUT2D eigenvalue weighted by atomic mass is 10.0. The summed E-state index contributed by atoms with van der Waals surface area (Å²) in [6, 6.07) is 17.9. The second-order valence-electron chi connectivity index (χ2n) is 10.3. The highest BCUT2D eigenvalue weighted by Crippen LogP contribution is 2.38. The second kappa shape index (κ2) is 13.9. The van der Waals surface area contributed by atoms with Crippen LogP contribution in [0.1, 0.15) is 59.9 Å². The summed E-state index contributed by atoms with van der Waals surface area (Å²) in [7, 11) is 4.60. The van der Waals surface area contributed by atoms with Crippen molar-refractivity contribution in [2.75, 3.05) is 34.5 Å². The van der Waals surface area contributed by atoms with Crippen molar-refractivity contribution in [1.82, 2.24) is 14.9 Å². The smallest absolute Gasteiger partial charge is 0.251 e. The van der Waals surface area contributed by atoms with Gasteiger partial charge >= 0.3 is 0 Å². The predicted molar refractivity (Wildman–Crippen MR) is 162 cm³/mol. The van der Waals surface area contributed by atoms with Gasteiger partial charge in [-0.25, -0.2) is 4.98 Å². The molecule has 4 rings (SSSR count). The van der Waals surface area contributed by atoms with Crippen LogP contribution in [0.5, 0.6) is 23.0 Å². The summed E-state index contributed by atoms with van der Waals surface area (Å²) < 4.78 is 24.6. The number of rotatable bonds is 14. The molecule has 1 aromatic heterocycles. The van der Waals surface area contributed by atoms with Gasteiger partial charge in [-0.3, -0.25) is 4.79 Å². The summed E-state index contributed by atoms with van der Waals surface area (Å²) in [5, 5.41) is 3.00. The minimum atomic E-state index is -0.202. The average Bonchev–Trinajstić information content (AvgIpc) is 3.33. The number of fused-ring (bicyclic) bond motifs is 1. The average molecular weight is 560 g/mol. The molecule has 0 atom stereocenters. The molecule has 41 heavy (non-hydrogen) atoms. The lowest BCUT2D eigenvalue weighted by Gasteiger charge is -2.15. The molecule has 0 fully saturated rings. The first-order valence-electron chi connectivity index (χ1n) is 14.1. The van der Waals surface area contributed by atoms with E-state index in [9.17, 15) is 4.79 Å². The molecule has 0 saturated heterocycles. The van der Waals surface area contributed by atoms with Crippen molar-refractivity contribution in [3.63, 3.8) is 0 Å². The minimum Gasteiger partial charge on any atom is -0.493 e. The van der Waals surface area contributed by atoms with Crippen molar-refractivity contribution in [2.24, 2.45) is 0 Å². The number of methoxy groups -OCH3 is 3. The third-order valence-electron chi connectivity index (χ3n) is 7.10. The zero-order chi connectivity index (χ0) is 29.4. The number of para-hydroxylation sites is 2. The van der Waals surface area contributed by atoms with E-state index in [0.717, 1.165) is 48.4 Å². The highest BCUT2D eigenvalue weighted by molar-refractivity contribution is 5.95. The zero-order valence-corrected chi connectivity index (χ0v) is 25.0. The van der Waals surface area contributed by atoms with Crippen molar-refractivity contribution in [1.29, 1.82) is 0 Å². The maximum Gasteiger partial charge on any atom is 0.251 e. The van der Waals surface area contributed by atoms with Crippen molar-refractivity contribution in [3.05, 3.63) is 77.1 Å². The molecule has 0 aliphatic heterocycles. The minimum absolute atomic E-state index is 0.202. The van der Waals surface area contributed by atoms with E-state index in [0.29, 0.717) is 41.9 Å². The van der Waals surface area contributed by atoms with E-state index in [1.165, 1.54) is 32.5 Å². The van der Waals surface area contributed by atoms with Crippen LogP contribution in [-0.4, -0.2) is 49.9 Å². The number of nitrogens with zero attached hydrogens (tertiary/aromatic N) is 2. The summed E-state index contributed by atoms with van der Waals surface area (Å²) in [5.41, 5.74) is 4.97. The Labute approximate surface area is 242 Å². The molecule has 3 aromatic carbocycles. The van der Waals surface area contributed by atoms with Gasteiger partial charge in [0.2, 0.25) is 5.75 Å². The quantitative estimate of drug-likeness (QED) is 0.182. The van der Waals surface area contributed by atoms with Crippen LogP contribution >= 0.6 is 0 Å². The number of aromatic nitrogens is 2. The van der Waals surface area contributed by atoms with Crippen molar-refractivity contribution in [2.45, 2.75) is 52.5 Å². The van der Waals surface area contributed by atoms with Crippen LogP contribution in [0, 0.1) is 6.92 Å². The summed E-state index contributed by atoms with van der Waals surface area (Å²) in [6.07, 6.45) is 2.34. The van der Waals surface area contributed by atoms with Gasteiger partial charge in [0.1, 0.15) is 11.6 Å². The number of carbonyl (C=O) groups is 1. The Morgan fingerprint density at radius 2 is 1.66 bits per heavy atom. The van der Waals surface area contributed by atoms with Crippen LogP contribution in [0.25, 0.3) is 11.0 Å². The number of aryl methyl sites for hydroxylation is 3.